The minimum Gasteiger partial charge on any atom is -0.462 e. The van der Waals surface area contributed by atoms with Crippen LogP contribution in [0.25, 0.3) is 0 Å². The van der Waals surface area contributed by atoms with E-state index in [-0.39, 0.29) is 10.9 Å². The molecule has 0 bridgehead atoms. The molecule has 0 fully saturated rings. The van der Waals surface area contributed by atoms with Crippen molar-refractivity contribution in [1.82, 2.24) is 4.72 Å². The molecule has 7 nitrogen and oxygen atoms in total. The smallest absolute Gasteiger partial charge is 0.341 e. The molecule has 1 aliphatic rings. The number of nitrogens with one attached hydrogen (secondary N) is 3. The quantitative estimate of drug-likeness (QED) is 0.379. The predicted octanol–water partition coefficient (Wildman–Crippen LogP) is 4.69. The van der Waals surface area contributed by atoms with Crippen LogP contribution < -0.4 is 15.4 Å². The van der Waals surface area contributed by atoms with E-state index in [1.807, 2.05) is 0 Å². The summed E-state index contributed by atoms with van der Waals surface area (Å²) in [6, 6.07) is 6.34. The first-order chi connectivity index (χ1) is 15.4. The molecule has 0 unspecified atom stereocenters. The van der Waals surface area contributed by atoms with Crippen molar-refractivity contribution < 1.29 is 17.9 Å². The van der Waals surface area contributed by atoms with Crippen molar-refractivity contribution in [2.24, 2.45) is 0 Å². The van der Waals surface area contributed by atoms with Crippen LogP contribution >= 0.6 is 23.6 Å². The molecule has 3 N–H and O–H groups in total. The van der Waals surface area contributed by atoms with Gasteiger partial charge in [-0.1, -0.05) is 19.8 Å². The Labute approximate surface area is 199 Å². The van der Waals surface area contributed by atoms with Crippen LogP contribution in [-0.4, -0.2) is 32.7 Å². The molecule has 10 heteroatoms. The van der Waals surface area contributed by atoms with Gasteiger partial charge in [-0.2, -0.15) is 0 Å². The highest BCUT2D eigenvalue weighted by atomic mass is 32.2. The third-order valence-corrected chi connectivity index (χ3v) is 8.11. The van der Waals surface area contributed by atoms with E-state index < -0.39 is 10.0 Å². The lowest BCUT2D eigenvalue weighted by molar-refractivity contribution is 0.0526. The fraction of sp³-hybridized carbons (Fsp3) is 0.455. The molecule has 2 aromatic rings. The summed E-state index contributed by atoms with van der Waals surface area (Å²) in [6.45, 7) is 4.17. The van der Waals surface area contributed by atoms with Crippen LogP contribution in [0, 0.1) is 0 Å². The molecular weight excluding hydrogens is 466 g/mol. The van der Waals surface area contributed by atoms with Gasteiger partial charge in [-0.25, -0.2) is 17.9 Å². The molecular formula is C22H29N3O4S3. The van der Waals surface area contributed by atoms with E-state index in [0.29, 0.717) is 34.5 Å². The standard InChI is InChI=1S/C22H29N3O4S3/c1-3-23-32(27,28)16-13-11-15(12-14-16)24-22(30)25-20-19(21(26)29-4-2)17-9-7-5-6-8-10-18(17)31-20/h11-14,23H,3-10H2,1-2H3,(H2,24,25,30). The van der Waals surface area contributed by atoms with Crippen molar-refractivity contribution in [1.29, 1.82) is 0 Å². The van der Waals surface area contributed by atoms with Crippen LogP contribution in [0.1, 0.15) is 60.3 Å². The first-order valence-electron chi connectivity index (χ1n) is 10.8. The summed E-state index contributed by atoms with van der Waals surface area (Å²) in [4.78, 5) is 14.1. The number of rotatable bonds is 7. The normalized spacial score (nSPS) is 14.1. The van der Waals surface area contributed by atoms with Gasteiger partial charge >= 0.3 is 5.97 Å². The molecule has 32 heavy (non-hydrogen) atoms. The van der Waals surface area contributed by atoms with Gasteiger partial charge in [0.05, 0.1) is 17.1 Å². The number of sulfonamides is 1. The second kappa shape index (κ2) is 11.2. The van der Waals surface area contributed by atoms with Gasteiger partial charge in [0, 0.05) is 17.1 Å². The number of ether oxygens (including phenoxy) is 1. The van der Waals surface area contributed by atoms with Crippen LogP contribution in [0.3, 0.4) is 0 Å². The van der Waals surface area contributed by atoms with Crippen molar-refractivity contribution >= 4 is 55.3 Å². The summed E-state index contributed by atoms with van der Waals surface area (Å²) >= 11 is 7.03. The number of anilines is 2. The summed E-state index contributed by atoms with van der Waals surface area (Å²) in [5, 5.41) is 7.25. The van der Waals surface area contributed by atoms with Gasteiger partial charge in [0.2, 0.25) is 10.0 Å². The first kappa shape index (κ1) is 24.6. The molecule has 1 heterocycles. The van der Waals surface area contributed by atoms with Gasteiger partial charge in [-0.15, -0.1) is 11.3 Å². The third-order valence-electron chi connectivity index (χ3n) is 5.13. The van der Waals surface area contributed by atoms with E-state index in [9.17, 15) is 13.2 Å². The van der Waals surface area contributed by atoms with Crippen LogP contribution in [0.5, 0.6) is 0 Å². The maximum atomic E-state index is 12.7. The highest BCUT2D eigenvalue weighted by Crippen LogP contribution is 2.37. The molecule has 0 radical (unpaired) electrons. The van der Waals surface area contributed by atoms with Crippen molar-refractivity contribution in [3.8, 4) is 0 Å². The summed E-state index contributed by atoms with van der Waals surface area (Å²) in [5.74, 6) is -0.325. The molecule has 1 aromatic carbocycles. The highest BCUT2D eigenvalue weighted by Gasteiger charge is 2.25. The summed E-state index contributed by atoms with van der Waals surface area (Å²) < 4.78 is 32.0. The summed E-state index contributed by atoms with van der Waals surface area (Å²) in [5.41, 5.74) is 2.31. The number of thiocarbonyl (C=S) groups is 1. The summed E-state index contributed by atoms with van der Waals surface area (Å²) in [7, 11) is -3.51. The van der Waals surface area contributed by atoms with Crippen LogP contribution in [0.2, 0.25) is 0 Å². The highest BCUT2D eigenvalue weighted by molar-refractivity contribution is 7.89. The minimum atomic E-state index is -3.51. The number of fused-ring (bicyclic) bond motifs is 1. The molecule has 0 aliphatic heterocycles. The maximum Gasteiger partial charge on any atom is 0.341 e. The van der Waals surface area contributed by atoms with E-state index >= 15 is 0 Å². The monoisotopic (exact) mass is 495 g/mol. The Morgan fingerprint density at radius 1 is 1.06 bits per heavy atom. The molecule has 0 amide bonds. The average molecular weight is 496 g/mol. The number of benzene rings is 1. The van der Waals surface area contributed by atoms with E-state index in [1.165, 1.54) is 29.9 Å². The number of carbonyl (C=O) groups is 1. The molecule has 174 valence electrons. The topological polar surface area (TPSA) is 96.5 Å². The van der Waals surface area contributed by atoms with Crippen LogP contribution in [-0.2, 0) is 27.6 Å². The van der Waals surface area contributed by atoms with E-state index in [1.54, 1.807) is 37.3 Å². The van der Waals surface area contributed by atoms with E-state index in [0.717, 1.165) is 31.2 Å². The Balaban J connectivity index is 1.78. The molecule has 1 aromatic heterocycles. The number of hydrogen-bond acceptors (Lipinski definition) is 6. The lowest BCUT2D eigenvalue weighted by Crippen LogP contribution is -2.23. The van der Waals surface area contributed by atoms with Crippen molar-refractivity contribution in [2.75, 3.05) is 23.8 Å². The SMILES string of the molecule is CCNS(=O)(=O)c1ccc(NC(=S)Nc2sc3c(c2C(=O)OCC)CCCCCC3)cc1. The number of thiophene rings is 1. The van der Waals surface area contributed by atoms with Gasteiger partial charge in [0.25, 0.3) is 0 Å². The van der Waals surface area contributed by atoms with Crippen molar-refractivity contribution in [3.63, 3.8) is 0 Å². The number of aryl methyl sites for hydroxylation is 1. The lowest BCUT2D eigenvalue weighted by Gasteiger charge is -2.13. The predicted molar refractivity (Wildman–Crippen MR) is 133 cm³/mol. The Bertz CT molecular complexity index is 1060. The van der Waals surface area contributed by atoms with Gasteiger partial charge in [-0.05, 0) is 74.7 Å². The van der Waals surface area contributed by atoms with Gasteiger partial charge in [0.15, 0.2) is 5.11 Å². The fourth-order valence-electron chi connectivity index (χ4n) is 3.68. The maximum absolute atomic E-state index is 12.7. The lowest BCUT2D eigenvalue weighted by atomic mass is 9.96. The zero-order valence-electron chi connectivity index (χ0n) is 18.3. The minimum absolute atomic E-state index is 0.187. The second-order valence-corrected chi connectivity index (χ2v) is 10.7. The molecule has 0 atom stereocenters. The van der Waals surface area contributed by atoms with Gasteiger partial charge in [-0.3, -0.25) is 0 Å². The Kier molecular flexibility index (Phi) is 8.64. The summed E-state index contributed by atoms with van der Waals surface area (Å²) in [6.07, 6.45) is 6.36. The average Bonchev–Trinajstić information content (AvgIpc) is 3.04. The molecule has 0 saturated carbocycles. The van der Waals surface area contributed by atoms with Gasteiger partial charge in [0.1, 0.15) is 5.00 Å². The number of hydrogen-bond donors (Lipinski definition) is 3. The Hall–Kier alpha value is -2.01. The van der Waals surface area contributed by atoms with E-state index in [2.05, 4.69) is 15.4 Å². The number of esters is 1. The fourth-order valence-corrected chi connectivity index (χ4v) is 6.29. The Morgan fingerprint density at radius 3 is 2.41 bits per heavy atom. The van der Waals surface area contributed by atoms with Crippen LogP contribution in [0.4, 0.5) is 10.7 Å². The van der Waals surface area contributed by atoms with E-state index in [4.69, 9.17) is 17.0 Å². The van der Waals surface area contributed by atoms with Gasteiger partial charge < -0.3 is 15.4 Å². The molecule has 0 saturated heterocycles. The first-order valence-corrected chi connectivity index (χ1v) is 13.6. The van der Waals surface area contributed by atoms with Crippen LogP contribution in [0.15, 0.2) is 29.2 Å². The Morgan fingerprint density at radius 2 is 1.75 bits per heavy atom. The van der Waals surface area contributed by atoms with Crippen molar-refractivity contribution in [2.45, 2.75) is 57.3 Å². The van der Waals surface area contributed by atoms with Crippen molar-refractivity contribution in [3.05, 3.63) is 40.3 Å². The zero-order chi connectivity index (χ0) is 23.1. The number of carbonyl (C=O) groups excluding carboxylic acids is 1. The zero-order valence-corrected chi connectivity index (χ0v) is 20.8. The largest absolute Gasteiger partial charge is 0.462 e. The molecule has 3 rings (SSSR count). The second-order valence-electron chi connectivity index (χ2n) is 7.45. The molecule has 0 spiro atoms. The third kappa shape index (κ3) is 6.06. The molecule has 1 aliphatic carbocycles.